The summed E-state index contributed by atoms with van der Waals surface area (Å²) < 4.78 is 5.39. The van der Waals surface area contributed by atoms with Crippen LogP contribution in [0.2, 0.25) is 0 Å². The second-order valence-corrected chi connectivity index (χ2v) is 12.8. The highest BCUT2D eigenvalue weighted by Crippen LogP contribution is 2.52. The molecular formula is C33H47N3O. The Labute approximate surface area is 224 Å². The molecule has 3 atom stereocenters. The predicted octanol–water partition coefficient (Wildman–Crippen LogP) is 6.35. The predicted molar refractivity (Wildman–Crippen MR) is 152 cm³/mol. The molecule has 2 aliphatic heterocycles. The molecule has 0 amide bonds. The molecule has 2 aromatic carbocycles. The summed E-state index contributed by atoms with van der Waals surface area (Å²) in [5.41, 5.74) is 5.27. The Hall–Kier alpha value is -1.88. The number of methoxy groups -OCH3 is 1. The van der Waals surface area contributed by atoms with E-state index in [2.05, 4.69) is 77.5 Å². The van der Waals surface area contributed by atoms with E-state index < -0.39 is 0 Å². The average Bonchev–Trinajstić information content (AvgIpc) is 3.42. The number of ether oxygens (including phenoxy) is 1. The van der Waals surface area contributed by atoms with Crippen molar-refractivity contribution in [2.75, 3.05) is 39.8 Å². The lowest BCUT2D eigenvalue weighted by atomic mass is 9.60. The van der Waals surface area contributed by atoms with Gasteiger partial charge in [0.05, 0.1) is 7.11 Å². The van der Waals surface area contributed by atoms with Gasteiger partial charge in [-0.15, -0.1) is 0 Å². The quantitative estimate of drug-likeness (QED) is 0.499. The van der Waals surface area contributed by atoms with Gasteiger partial charge >= 0.3 is 0 Å². The van der Waals surface area contributed by atoms with Crippen LogP contribution in [0.1, 0.15) is 93.4 Å². The molecule has 200 valence electrons. The molecule has 1 N–H and O–H groups in total. The first-order valence-corrected chi connectivity index (χ1v) is 15.0. The largest absolute Gasteiger partial charge is 0.497 e. The minimum absolute atomic E-state index is 0.524. The van der Waals surface area contributed by atoms with Crippen molar-refractivity contribution in [3.63, 3.8) is 0 Å². The van der Waals surface area contributed by atoms with E-state index in [0.717, 1.165) is 11.8 Å². The lowest BCUT2D eigenvalue weighted by molar-refractivity contribution is -0.0693. The standard InChI is InChI=1S/C33H47N3O/c1-24(2)30-6-4-5-7-31(30)32-23-35(18-19-36(32)28-21-33(22-28)14-16-34-17-15-33)27-11-8-26(20-27)25-9-12-29(37-3)13-10-25/h4-7,9-10,12-13,24,26-28,32,34H,8,11,14-23H2,1-3H3/t26?,27?,32-/m1/s1. The van der Waals surface area contributed by atoms with Gasteiger partial charge in [0.25, 0.3) is 0 Å². The zero-order valence-corrected chi connectivity index (χ0v) is 23.3. The molecular weight excluding hydrogens is 454 g/mol. The molecule has 6 rings (SSSR count). The molecule has 4 aliphatic rings. The Bertz CT molecular complexity index is 1040. The Morgan fingerprint density at radius 1 is 0.919 bits per heavy atom. The number of hydrogen-bond donors (Lipinski definition) is 1. The maximum Gasteiger partial charge on any atom is 0.118 e. The summed E-state index contributed by atoms with van der Waals surface area (Å²) in [5, 5.41) is 3.59. The molecule has 0 aromatic heterocycles. The van der Waals surface area contributed by atoms with Crippen molar-refractivity contribution >= 4 is 0 Å². The Kier molecular flexibility index (Phi) is 7.35. The third-order valence-corrected chi connectivity index (χ3v) is 10.4. The van der Waals surface area contributed by atoms with Crippen molar-refractivity contribution in [3.05, 3.63) is 65.2 Å². The van der Waals surface area contributed by atoms with Crippen LogP contribution in [0.3, 0.4) is 0 Å². The van der Waals surface area contributed by atoms with Gasteiger partial charge in [0.2, 0.25) is 0 Å². The van der Waals surface area contributed by atoms with Crippen LogP contribution in [0, 0.1) is 5.41 Å². The molecule has 2 saturated heterocycles. The van der Waals surface area contributed by atoms with E-state index in [1.807, 2.05) is 0 Å². The first-order valence-electron chi connectivity index (χ1n) is 15.0. The molecule has 2 aromatic rings. The molecule has 4 fully saturated rings. The van der Waals surface area contributed by atoms with Gasteiger partial charge in [-0.2, -0.15) is 0 Å². The van der Waals surface area contributed by atoms with Gasteiger partial charge in [-0.25, -0.2) is 0 Å². The summed E-state index contributed by atoms with van der Waals surface area (Å²) >= 11 is 0. The van der Waals surface area contributed by atoms with E-state index in [0.29, 0.717) is 29.3 Å². The van der Waals surface area contributed by atoms with Crippen LogP contribution in [-0.2, 0) is 0 Å². The third kappa shape index (κ3) is 5.10. The number of rotatable bonds is 6. The Morgan fingerprint density at radius 3 is 2.41 bits per heavy atom. The van der Waals surface area contributed by atoms with Crippen molar-refractivity contribution < 1.29 is 4.74 Å². The van der Waals surface area contributed by atoms with Gasteiger partial charge in [0.15, 0.2) is 0 Å². The van der Waals surface area contributed by atoms with E-state index in [1.165, 1.54) is 83.2 Å². The van der Waals surface area contributed by atoms with Crippen LogP contribution in [-0.4, -0.2) is 61.7 Å². The van der Waals surface area contributed by atoms with E-state index in [9.17, 15) is 0 Å². The number of piperidine rings is 1. The summed E-state index contributed by atoms with van der Waals surface area (Å²) in [4.78, 5) is 5.82. The van der Waals surface area contributed by atoms with Crippen molar-refractivity contribution in [1.29, 1.82) is 0 Å². The molecule has 2 unspecified atom stereocenters. The van der Waals surface area contributed by atoms with Crippen LogP contribution >= 0.6 is 0 Å². The van der Waals surface area contributed by atoms with Crippen LogP contribution < -0.4 is 10.1 Å². The van der Waals surface area contributed by atoms with E-state index in [-0.39, 0.29) is 0 Å². The van der Waals surface area contributed by atoms with Crippen LogP contribution in [0.25, 0.3) is 0 Å². The molecule has 2 heterocycles. The van der Waals surface area contributed by atoms with E-state index in [1.54, 1.807) is 18.2 Å². The SMILES string of the molecule is COc1ccc(C2CCC(N3CCN(C4CC5(CCNCC5)C4)[C@@H](c4ccccc4C(C)C)C3)C2)cc1. The summed E-state index contributed by atoms with van der Waals surface area (Å²) in [5.74, 6) is 2.21. The second kappa shape index (κ2) is 10.7. The Balaban J connectivity index is 1.19. The summed E-state index contributed by atoms with van der Waals surface area (Å²) in [6.45, 7) is 10.8. The highest BCUT2D eigenvalue weighted by molar-refractivity contribution is 5.34. The minimum Gasteiger partial charge on any atom is -0.497 e. The number of nitrogens with one attached hydrogen (secondary N) is 1. The lowest BCUT2D eigenvalue weighted by Gasteiger charge is -2.58. The van der Waals surface area contributed by atoms with Crippen LogP contribution in [0.4, 0.5) is 0 Å². The monoisotopic (exact) mass is 501 g/mol. The number of piperazine rings is 1. The van der Waals surface area contributed by atoms with Gasteiger partial charge in [0.1, 0.15) is 5.75 Å². The summed E-state index contributed by atoms with van der Waals surface area (Å²) in [6, 6.07) is 20.2. The summed E-state index contributed by atoms with van der Waals surface area (Å²) in [6.07, 6.45) is 9.52. The highest BCUT2D eigenvalue weighted by Gasteiger charge is 2.49. The third-order valence-electron chi connectivity index (χ3n) is 10.4. The zero-order chi connectivity index (χ0) is 25.4. The first kappa shape index (κ1) is 25.4. The molecule has 2 saturated carbocycles. The number of hydrogen-bond acceptors (Lipinski definition) is 4. The molecule has 4 heteroatoms. The minimum atomic E-state index is 0.524. The average molecular weight is 502 g/mol. The molecule has 37 heavy (non-hydrogen) atoms. The fraction of sp³-hybridized carbons (Fsp3) is 0.636. The molecule has 4 nitrogen and oxygen atoms in total. The molecule has 0 radical (unpaired) electrons. The summed E-state index contributed by atoms with van der Waals surface area (Å²) in [7, 11) is 1.75. The molecule has 1 spiro atoms. The van der Waals surface area contributed by atoms with Gasteiger partial charge in [-0.1, -0.05) is 50.2 Å². The van der Waals surface area contributed by atoms with Crippen molar-refractivity contribution in [2.24, 2.45) is 5.41 Å². The second-order valence-electron chi connectivity index (χ2n) is 12.8. The van der Waals surface area contributed by atoms with Crippen molar-refractivity contribution in [2.45, 2.75) is 88.8 Å². The lowest BCUT2D eigenvalue weighted by Crippen LogP contribution is -2.60. The number of nitrogens with zero attached hydrogens (tertiary/aromatic N) is 2. The Morgan fingerprint density at radius 2 is 1.68 bits per heavy atom. The maximum absolute atomic E-state index is 5.39. The fourth-order valence-corrected chi connectivity index (χ4v) is 8.21. The van der Waals surface area contributed by atoms with Crippen LogP contribution in [0.15, 0.2) is 48.5 Å². The fourth-order valence-electron chi connectivity index (χ4n) is 8.21. The van der Waals surface area contributed by atoms with Crippen molar-refractivity contribution in [1.82, 2.24) is 15.1 Å². The van der Waals surface area contributed by atoms with E-state index in [4.69, 9.17) is 4.74 Å². The van der Waals surface area contributed by atoms with Crippen molar-refractivity contribution in [3.8, 4) is 5.75 Å². The topological polar surface area (TPSA) is 27.7 Å². The molecule has 2 aliphatic carbocycles. The van der Waals surface area contributed by atoms with Gasteiger partial charge in [-0.05, 0) is 104 Å². The smallest absolute Gasteiger partial charge is 0.118 e. The zero-order valence-electron chi connectivity index (χ0n) is 23.3. The normalized spacial score (nSPS) is 29.0. The number of benzene rings is 2. The van der Waals surface area contributed by atoms with Gasteiger partial charge < -0.3 is 10.1 Å². The first-order chi connectivity index (χ1) is 18.0. The maximum atomic E-state index is 5.39. The van der Waals surface area contributed by atoms with Gasteiger partial charge in [-0.3, -0.25) is 9.80 Å². The molecule has 0 bridgehead atoms. The van der Waals surface area contributed by atoms with Gasteiger partial charge in [0, 0.05) is 37.8 Å². The van der Waals surface area contributed by atoms with Crippen LogP contribution in [0.5, 0.6) is 5.75 Å². The highest BCUT2D eigenvalue weighted by atomic mass is 16.5. The van der Waals surface area contributed by atoms with E-state index >= 15 is 0 Å².